The summed E-state index contributed by atoms with van der Waals surface area (Å²) in [4.78, 5) is 12.8. The van der Waals surface area contributed by atoms with E-state index in [2.05, 4.69) is 0 Å². The lowest BCUT2D eigenvalue weighted by atomic mass is 10.2. The Morgan fingerprint density at radius 3 is 2.58 bits per heavy atom. The van der Waals surface area contributed by atoms with Crippen LogP contribution in [-0.2, 0) is 9.53 Å². The van der Waals surface area contributed by atoms with Gasteiger partial charge in [0.1, 0.15) is 0 Å². The van der Waals surface area contributed by atoms with Crippen LogP contribution in [0.1, 0.15) is 26.2 Å². The second-order valence-corrected chi connectivity index (χ2v) is 3.45. The fourth-order valence-electron chi connectivity index (χ4n) is 1.74. The molecular formula is C9H17NO2. The molecule has 12 heavy (non-hydrogen) atoms. The van der Waals surface area contributed by atoms with E-state index < -0.39 is 0 Å². The van der Waals surface area contributed by atoms with Crippen molar-refractivity contribution in [3.05, 3.63) is 0 Å². The first-order valence-electron chi connectivity index (χ1n) is 4.41. The maximum atomic E-state index is 11.0. The summed E-state index contributed by atoms with van der Waals surface area (Å²) >= 11 is 0. The Labute approximate surface area is 73.7 Å². The molecule has 1 saturated carbocycles. The minimum atomic E-state index is 0.150. The Kier molecular flexibility index (Phi) is 3.09. The molecule has 3 heteroatoms. The number of methoxy groups -OCH3 is 1. The molecule has 1 rings (SSSR count). The van der Waals surface area contributed by atoms with Crippen LogP contribution in [0.5, 0.6) is 0 Å². The van der Waals surface area contributed by atoms with Crippen molar-refractivity contribution in [2.45, 2.75) is 38.3 Å². The van der Waals surface area contributed by atoms with Gasteiger partial charge in [-0.25, -0.2) is 0 Å². The first-order valence-corrected chi connectivity index (χ1v) is 4.41. The predicted octanol–water partition coefficient (Wildman–Crippen LogP) is 1.03. The van der Waals surface area contributed by atoms with Gasteiger partial charge in [-0.05, 0) is 19.3 Å². The van der Waals surface area contributed by atoms with Crippen LogP contribution in [0.15, 0.2) is 0 Å². The summed E-state index contributed by atoms with van der Waals surface area (Å²) in [5.74, 6) is 0.150. The second kappa shape index (κ2) is 3.90. The Balaban J connectivity index is 2.41. The monoisotopic (exact) mass is 171 g/mol. The third-order valence-corrected chi connectivity index (χ3v) is 2.73. The molecule has 0 saturated heterocycles. The normalized spacial score (nSPS) is 28.9. The summed E-state index contributed by atoms with van der Waals surface area (Å²) in [6.45, 7) is 1.61. The number of rotatable bonds is 2. The SMILES string of the molecule is COC1CCC(N(C)C(C)=O)C1. The number of hydrogen-bond acceptors (Lipinski definition) is 2. The van der Waals surface area contributed by atoms with Gasteiger partial charge >= 0.3 is 0 Å². The summed E-state index contributed by atoms with van der Waals surface area (Å²) < 4.78 is 5.23. The van der Waals surface area contributed by atoms with Crippen molar-refractivity contribution >= 4 is 5.91 Å². The molecule has 0 aromatic carbocycles. The van der Waals surface area contributed by atoms with Crippen LogP contribution in [0.25, 0.3) is 0 Å². The lowest BCUT2D eigenvalue weighted by Crippen LogP contribution is -2.33. The van der Waals surface area contributed by atoms with E-state index in [9.17, 15) is 4.79 Å². The average molecular weight is 171 g/mol. The number of amides is 1. The molecule has 2 unspecified atom stereocenters. The van der Waals surface area contributed by atoms with Gasteiger partial charge in [-0.3, -0.25) is 4.79 Å². The smallest absolute Gasteiger partial charge is 0.219 e. The molecule has 0 N–H and O–H groups in total. The molecule has 0 heterocycles. The minimum absolute atomic E-state index is 0.150. The molecule has 1 amide bonds. The molecule has 1 aliphatic rings. The highest BCUT2D eigenvalue weighted by molar-refractivity contribution is 5.73. The maximum absolute atomic E-state index is 11.0. The number of ether oxygens (including phenoxy) is 1. The highest BCUT2D eigenvalue weighted by atomic mass is 16.5. The first kappa shape index (κ1) is 9.52. The van der Waals surface area contributed by atoms with Crippen molar-refractivity contribution < 1.29 is 9.53 Å². The van der Waals surface area contributed by atoms with Gasteiger partial charge in [0.25, 0.3) is 0 Å². The topological polar surface area (TPSA) is 29.5 Å². The highest BCUT2D eigenvalue weighted by Crippen LogP contribution is 2.25. The van der Waals surface area contributed by atoms with E-state index in [0.29, 0.717) is 12.1 Å². The summed E-state index contributed by atoms with van der Waals surface area (Å²) in [6.07, 6.45) is 3.51. The van der Waals surface area contributed by atoms with Gasteiger partial charge in [-0.2, -0.15) is 0 Å². The van der Waals surface area contributed by atoms with E-state index >= 15 is 0 Å². The fourth-order valence-corrected chi connectivity index (χ4v) is 1.74. The molecule has 0 bridgehead atoms. The molecule has 0 radical (unpaired) electrons. The lowest BCUT2D eigenvalue weighted by molar-refractivity contribution is -0.129. The third-order valence-electron chi connectivity index (χ3n) is 2.73. The molecule has 2 atom stereocenters. The van der Waals surface area contributed by atoms with E-state index in [1.54, 1.807) is 14.0 Å². The number of hydrogen-bond donors (Lipinski definition) is 0. The van der Waals surface area contributed by atoms with Crippen molar-refractivity contribution in [2.24, 2.45) is 0 Å². The zero-order chi connectivity index (χ0) is 9.14. The van der Waals surface area contributed by atoms with Crippen LogP contribution in [0, 0.1) is 0 Å². The fraction of sp³-hybridized carbons (Fsp3) is 0.889. The first-order chi connectivity index (χ1) is 5.65. The van der Waals surface area contributed by atoms with E-state index in [4.69, 9.17) is 4.74 Å². The predicted molar refractivity (Wildman–Crippen MR) is 46.9 cm³/mol. The van der Waals surface area contributed by atoms with Crippen molar-refractivity contribution in [3.8, 4) is 0 Å². The summed E-state index contributed by atoms with van der Waals surface area (Å²) in [6, 6.07) is 0.396. The van der Waals surface area contributed by atoms with Gasteiger partial charge in [0.05, 0.1) is 6.10 Å². The molecule has 3 nitrogen and oxygen atoms in total. The maximum Gasteiger partial charge on any atom is 0.219 e. The van der Waals surface area contributed by atoms with Gasteiger partial charge in [0, 0.05) is 27.1 Å². The molecule has 70 valence electrons. The van der Waals surface area contributed by atoms with Crippen molar-refractivity contribution in [2.75, 3.05) is 14.2 Å². The molecule has 1 aliphatic carbocycles. The summed E-state index contributed by atoms with van der Waals surface area (Å²) in [5, 5.41) is 0. The number of carbonyl (C=O) groups is 1. The largest absolute Gasteiger partial charge is 0.381 e. The molecule has 0 aliphatic heterocycles. The lowest BCUT2D eigenvalue weighted by Gasteiger charge is -2.22. The van der Waals surface area contributed by atoms with Crippen molar-refractivity contribution in [1.29, 1.82) is 0 Å². The number of nitrogens with zero attached hydrogens (tertiary/aromatic N) is 1. The molecule has 0 spiro atoms. The van der Waals surface area contributed by atoms with Crippen LogP contribution in [0.4, 0.5) is 0 Å². The molecule has 1 fully saturated rings. The Hall–Kier alpha value is -0.570. The Morgan fingerprint density at radius 1 is 1.50 bits per heavy atom. The zero-order valence-corrected chi connectivity index (χ0v) is 8.04. The van der Waals surface area contributed by atoms with Crippen LogP contribution in [-0.4, -0.2) is 37.1 Å². The molecule has 0 aromatic heterocycles. The molecular weight excluding hydrogens is 154 g/mol. The van der Waals surface area contributed by atoms with E-state index in [0.717, 1.165) is 19.3 Å². The van der Waals surface area contributed by atoms with Gasteiger partial charge in [-0.15, -0.1) is 0 Å². The van der Waals surface area contributed by atoms with Gasteiger partial charge in [0.15, 0.2) is 0 Å². The summed E-state index contributed by atoms with van der Waals surface area (Å²) in [7, 11) is 3.60. The number of carbonyl (C=O) groups excluding carboxylic acids is 1. The zero-order valence-electron chi connectivity index (χ0n) is 8.04. The van der Waals surface area contributed by atoms with Crippen LogP contribution in [0.3, 0.4) is 0 Å². The third kappa shape index (κ3) is 1.97. The van der Waals surface area contributed by atoms with E-state index in [1.807, 2.05) is 11.9 Å². The van der Waals surface area contributed by atoms with Gasteiger partial charge in [0.2, 0.25) is 5.91 Å². The van der Waals surface area contributed by atoms with Crippen LogP contribution < -0.4 is 0 Å². The van der Waals surface area contributed by atoms with Crippen LogP contribution in [0.2, 0.25) is 0 Å². The minimum Gasteiger partial charge on any atom is -0.381 e. The average Bonchev–Trinajstić information content (AvgIpc) is 2.50. The van der Waals surface area contributed by atoms with Crippen molar-refractivity contribution in [1.82, 2.24) is 4.90 Å². The Bertz CT molecular complexity index is 170. The molecule has 0 aromatic rings. The Morgan fingerprint density at radius 2 is 2.17 bits per heavy atom. The van der Waals surface area contributed by atoms with Gasteiger partial charge in [-0.1, -0.05) is 0 Å². The van der Waals surface area contributed by atoms with Crippen molar-refractivity contribution in [3.63, 3.8) is 0 Å². The van der Waals surface area contributed by atoms with Gasteiger partial charge < -0.3 is 9.64 Å². The summed E-state index contributed by atoms with van der Waals surface area (Å²) in [5.41, 5.74) is 0. The standard InChI is InChI=1S/C9H17NO2/c1-7(11)10(2)8-4-5-9(6-8)12-3/h8-9H,4-6H2,1-3H3. The highest BCUT2D eigenvalue weighted by Gasteiger charge is 2.28. The van der Waals surface area contributed by atoms with E-state index in [1.165, 1.54) is 0 Å². The van der Waals surface area contributed by atoms with E-state index in [-0.39, 0.29) is 5.91 Å². The quantitative estimate of drug-likeness (QED) is 0.621. The van der Waals surface area contributed by atoms with Crippen LogP contribution >= 0.6 is 0 Å². The second-order valence-electron chi connectivity index (χ2n) is 3.45.